The maximum atomic E-state index is 12.4. The molecule has 0 N–H and O–H groups in total. The summed E-state index contributed by atoms with van der Waals surface area (Å²) in [5, 5.41) is 0. The number of hydrogen-bond donors (Lipinski definition) is 0. The van der Waals surface area contributed by atoms with Crippen molar-refractivity contribution in [1.29, 1.82) is 0 Å². The van der Waals surface area contributed by atoms with Crippen LogP contribution in [0.15, 0.2) is 12.1 Å². The third-order valence-electron chi connectivity index (χ3n) is 4.18. The summed E-state index contributed by atoms with van der Waals surface area (Å²) in [6.45, 7) is 1.83. The van der Waals surface area contributed by atoms with Gasteiger partial charge in [0.15, 0.2) is 0 Å². The van der Waals surface area contributed by atoms with E-state index in [0.717, 1.165) is 24.1 Å². The van der Waals surface area contributed by atoms with E-state index in [0.29, 0.717) is 16.0 Å². The number of thiophene rings is 1. The van der Waals surface area contributed by atoms with E-state index in [1.165, 1.54) is 11.3 Å². The molecule has 120 valence electrons. The Kier molecular flexibility index (Phi) is 5.00. The number of nitrogens with zero attached hydrogens (tertiary/aromatic N) is 1. The Morgan fingerprint density at radius 1 is 1.41 bits per heavy atom. The molecular weight excluding hydrogens is 342 g/mol. The Labute approximate surface area is 143 Å². The average molecular weight is 360 g/mol. The van der Waals surface area contributed by atoms with Gasteiger partial charge in [0, 0.05) is 16.5 Å². The summed E-state index contributed by atoms with van der Waals surface area (Å²) < 4.78 is 6.23. The van der Waals surface area contributed by atoms with E-state index in [1.807, 2.05) is 13.0 Å². The van der Waals surface area contributed by atoms with Gasteiger partial charge in [0.05, 0.1) is 10.2 Å². The van der Waals surface area contributed by atoms with Crippen LogP contribution in [0, 0.1) is 5.92 Å². The molecule has 0 aromatic carbocycles. The van der Waals surface area contributed by atoms with Crippen LogP contribution in [0.4, 0.5) is 0 Å². The summed E-state index contributed by atoms with van der Waals surface area (Å²) in [4.78, 5) is 27.4. The van der Waals surface area contributed by atoms with Crippen molar-refractivity contribution in [2.75, 3.05) is 11.6 Å². The van der Waals surface area contributed by atoms with Gasteiger partial charge >= 0.3 is 5.97 Å². The number of amides is 1. The number of halogens is 1. The Hall–Kier alpha value is -0.720. The summed E-state index contributed by atoms with van der Waals surface area (Å²) in [6, 6.07) is 3.21. The average Bonchev–Trinajstić information content (AvgIpc) is 3.04. The maximum Gasteiger partial charge on any atom is 0.330 e. The largest absolute Gasteiger partial charge is 0.455 e. The molecule has 0 spiro atoms. The molecule has 1 aromatic heterocycles. The van der Waals surface area contributed by atoms with Gasteiger partial charge in [-0.25, -0.2) is 4.79 Å². The van der Waals surface area contributed by atoms with Gasteiger partial charge in [-0.2, -0.15) is 0 Å². The van der Waals surface area contributed by atoms with Crippen molar-refractivity contribution in [2.24, 2.45) is 5.92 Å². The first-order valence-electron chi connectivity index (χ1n) is 7.40. The molecule has 2 atom stereocenters. The molecule has 1 saturated carbocycles. The fourth-order valence-corrected chi connectivity index (χ4v) is 4.79. The van der Waals surface area contributed by atoms with Crippen LogP contribution in [-0.2, 0) is 14.3 Å². The van der Waals surface area contributed by atoms with Gasteiger partial charge in [0.1, 0.15) is 12.1 Å². The highest BCUT2D eigenvalue weighted by Gasteiger charge is 2.40. The molecule has 1 amide bonds. The molecule has 1 saturated heterocycles. The first-order valence-corrected chi connectivity index (χ1v) is 9.75. The van der Waals surface area contributed by atoms with Gasteiger partial charge in [-0.15, -0.1) is 23.1 Å². The SMILES string of the molecule is C[C@@H](OC(=O)[C@H]1CSCN1C(=O)C1CCC1)c1ccc(Cl)s1. The van der Waals surface area contributed by atoms with Gasteiger partial charge in [-0.1, -0.05) is 18.0 Å². The third-order valence-corrected chi connectivity index (χ3v) is 6.58. The van der Waals surface area contributed by atoms with Gasteiger partial charge < -0.3 is 9.64 Å². The topological polar surface area (TPSA) is 46.6 Å². The quantitative estimate of drug-likeness (QED) is 0.769. The highest BCUT2D eigenvalue weighted by molar-refractivity contribution is 7.99. The molecule has 4 nitrogen and oxygen atoms in total. The lowest BCUT2D eigenvalue weighted by atomic mass is 9.84. The second-order valence-electron chi connectivity index (χ2n) is 5.67. The molecule has 0 radical (unpaired) electrons. The van der Waals surface area contributed by atoms with Crippen LogP contribution in [0.2, 0.25) is 4.34 Å². The molecule has 0 bridgehead atoms. The van der Waals surface area contributed by atoms with Crippen molar-refractivity contribution in [2.45, 2.75) is 38.3 Å². The first-order chi connectivity index (χ1) is 10.6. The number of esters is 1. The van der Waals surface area contributed by atoms with Gasteiger partial charge in [0.2, 0.25) is 5.91 Å². The maximum absolute atomic E-state index is 12.4. The van der Waals surface area contributed by atoms with Crippen molar-refractivity contribution >= 4 is 46.6 Å². The Morgan fingerprint density at radius 2 is 2.18 bits per heavy atom. The lowest BCUT2D eigenvalue weighted by Gasteiger charge is -2.31. The van der Waals surface area contributed by atoms with E-state index < -0.39 is 6.04 Å². The van der Waals surface area contributed by atoms with E-state index in [-0.39, 0.29) is 23.9 Å². The first kappa shape index (κ1) is 16.1. The van der Waals surface area contributed by atoms with E-state index in [1.54, 1.807) is 22.7 Å². The molecule has 2 fully saturated rings. The lowest BCUT2D eigenvalue weighted by Crippen LogP contribution is -2.46. The number of ether oxygens (including phenoxy) is 1. The van der Waals surface area contributed by atoms with Crippen molar-refractivity contribution in [3.8, 4) is 0 Å². The summed E-state index contributed by atoms with van der Waals surface area (Å²) in [5.74, 6) is 1.13. The van der Waals surface area contributed by atoms with Crippen LogP contribution < -0.4 is 0 Å². The fraction of sp³-hybridized carbons (Fsp3) is 0.600. The summed E-state index contributed by atoms with van der Waals surface area (Å²) in [7, 11) is 0. The fourth-order valence-electron chi connectivity index (χ4n) is 2.60. The van der Waals surface area contributed by atoms with Crippen molar-refractivity contribution in [1.82, 2.24) is 4.90 Å². The number of thioether (sulfide) groups is 1. The van der Waals surface area contributed by atoms with Crippen LogP contribution in [-0.4, -0.2) is 34.4 Å². The lowest BCUT2D eigenvalue weighted by molar-refractivity contribution is -0.158. The Bertz CT molecular complexity index is 573. The number of hydrogen-bond acceptors (Lipinski definition) is 5. The van der Waals surface area contributed by atoms with Crippen molar-refractivity contribution in [3.63, 3.8) is 0 Å². The molecular formula is C15H18ClNO3S2. The zero-order valence-electron chi connectivity index (χ0n) is 12.3. The monoisotopic (exact) mass is 359 g/mol. The molecule has 2 heterocycles. The highest BCUT2D eigenvalue weighted by Crippen LogP contribution is 2.34. The van der Waals surface area contributed by atoms with Crippen LogP contribution in [0.1, 0.15) is 37.2 Å². The van der Waals surface area contributed by atoms with Crippen LogP contribution >= 0.6 is 34.7 Å². The highest BCUT2D eigenvalue weighted by atomic mass is 35.5. The molecule has 1 aliphatic carbocycles. The zero-order valence-corrected chi connectivity index (χ0v) is 14.7. The molecule has 7 heteroatoms. The summed E-state index contributed by atoms with van der Waals surface area (Å²) in [5.41, 5.74) is 0. The Balaban J connectivity index is 1.61. The minimum atomic E-state index is -0.448. The summed E-state index contributed by atoms with van der Waals surface area (Å²) in [6.07, 6.45) is 2.68. The predicted molar refractivity (Wildman–Crippen MR) is 89.1 cm³/mol. The van der Waals surface area contributed by atoms with Gasteiger partial charge in [-0.3, -0.25) is 4.79 Å². The van der Waals surface area contributed by atoms with E-state index in [4.69, 9.17) is 16.3 Å². The van der Waals surface area contributed by atoms with E-state index in [9.17, 15) is 9.59 Å². The normalized spacial score (nSPS) is 23.2. The van der Waals surface area contributed by atoms with Crippen LogP contribution in [0.5, 0.6) is 0 Å². The van der Waals surface area contributed by atoms with Crippen LogP contribution in [0.25, 0.3) is 0 Å². The molecule has 22 heavy (non-hydrogen) atoms. The number of carbonyl (C=O) groups excluding carboxylic acids is 2. The zero-order chi connectivity index (χ0) is 15.7. The second kappa shape index (κ2) is 6.81. The standard InChI is InChI=1S/C15H18ClNO3S2/c1-9(12-5-6-13(16)22-12)20-15(19)11-7-21-8-17(11)14(18)10-3-2-4-10/h5-6,9-11H,2-4,7-8H2,1H3/t9-,11-/m1/s1. The molecule has 1 aliphatic heterocycles. The predicted octanol–water partition coefficient (Wildman–Crippen LogP) is 3.71. The minimum absolute atomic E-state index is 0.113. The van der Waals surface area contributed by atoms with E-state index in [2.05, 4.69) is 0 Å². The van der Waals surface area contributed by atoms with Gasteiger partial charge in [-0.05, 0) is 31.9 Å². The molecule has 1 aromatic rings. The number of carbonyl (C=O) groups is 2. The smallest absolute Gasteiger partial charge is 0.330 e. The third kappa shape index (κ3) is 3.29. The Morgan fingerprint density at radius 3 is 2.77 bits per heavy atom. The van der Waals surface area contributed by atoms with Crippen LogP contribution in [0.3, 0.4) is 0 Å². The molecule has 3 rings (SSSR count). The van der Waals surface area contributed by atoms with Crippen molar-refractivity contribution < 1.29 is 14.3 Å². The number of rotatable bonds is 4. The van der Waals surface area contributed by atoms with Crippen molar-refractivity contribution in [3.05, 3.63) is 21.3 Å². The second-order valence-corrected chi connectivity index (χ2v) is 8.42. The molecule has 0 unspecified atom stereocenters. The molecule has 2 aliphatic rings. The van der Waals surface area contributed by atoms with E-state index >= 15 is 0 Å². The summed E-state index contributed by atoms with van der Waals surface area (Å²) >= 11 is 8.93. The minimum Gasteiger partial charge on any atom is -0.455 e. The van der Waals surface area contributed by atoms with Gasteiger partial charge in [0.25, 0.3) is 0 Å².